The Morgan fingerprint density at radius 2 is 1.79 bits per heavy atom. The van der Waals surface area contributed by atoms with E-state index in [1.165, 1.54) is 19.3 Å². The topological polar surface area (TPSA) is 26.3 Å². The zero-order chi connectivity index (χ0) is 13.5. The molecule has 0 saturated carbocycles. The third kappa shape index (κ3) is 3.57. The molecule has 2 heteroatoms. The van der Waals surface area contributed by atoms with Gasteiger partial charge >= 0.3 is 0 Å². The van der Waals surface area contributed by atoms with Crippen LogP contribution >= 0.6 is 0 Å². The lowest BCUT2D eigenvalue weighted by atomic mass is 10.1. The molecule has 2 aromatic rings. The fourth-order valence-electron chi connectivity index (χ4n) is 2.17. The summed E-state index contributed by atoms with van der Waals surface area (Å²) in [6.07, 6.45) is 5.55. The predicted octanol–water partition coefficient (Wildman–Crippen LogP) is 4.61. The van der Waals surface area contributed by atoms with Gasteiger partial charge in [0.15, 0.2) is 6.29 Å². The number of carbonyl (C=O) groups excluding carboxylic acids is 1. The second kappa shape index (κ2) is 6.93. The number of hydrogen-bond acceptors (Lipinski definition) is 2. The second-order valence-electron chi connectivity index (χ2n) is 4.76. The van der Waals surface area contributed by atoms with E-state index in [9.17, 15) is 4.79 Å². The van der Waals surface area contributed by atoms with Gasteiger partial charge in [-0.15, -0.1) is 0 Å². The minimum Gasteiger partial charge on any atom is -0.493 e. The third-order valence-electron chi connectivity index (χ3n) is 3.26. The fourth-order valence-corrected chi connectivity index (χ4v) is 2.17. The Labute approximate surface area is 114 Å². The standard InChI is InChI=1S/C17H20O2/c1-2-3-4-7-10-19-17-12-15-9-6-5-8-14(15)11-16(17)13-18/h5-6,8-9,11-13H,2-4,7,10H2,1H3. The molecule has 0 spiro atoms. The quantitative estimate of drug-likeness (QED) is 0.534. The van der Waals surface area contributed by atoms with Crippen molar-refractivity contribution in [3.63, 3.8) is 0 Å². The highest BCUT2D eigenvalue weighted by Crippen LogP contribution is 2.25. The summed E-state index contributed by atoms with van der Waals surface area (Å²) in [5.74, 6) is 0.699. The average molecular weight is 256 g/mol. The van der Waals surface area contributed by atoms with E-state index < -0.39 is 0 Å². The molecule has 0 aliphatic heterocycles. The van der Waals surface area contributed by atoms with Crippen LogP contribution in [0.1, 0.15) is 43.0 Å². The number of benzene rings is 2. The first-order chi connectivity index (χ1) is 9.35. The summed E-state index contributed by atoms with van der Waals surface area (Å²) < 4.78 is 5.75. The zero-order valence-electron chi connectivity index (χ0n) is 11.4. The molecule has 0 aliphatic carbocycles. The first-order valence-electron chi connectivity index (χ1n) is 6.96. The second-order valence-corrected chi connectivity index (χ2v) is 4.76. The van der Waals surface area contributed by atoms with Gasteiger partial charge in [0.25, 0.3) is 0 Å². The summed E-state index contributed by atoms with van der Waals surface area (Å²) in [6.45, 7) is 2.87. The molecule has 0 bridgehead atoms. The van der Waals surface area contributed by atoms with Crippen molar-refractivity contribution >= 4 is 17.1 Å². The van der Waals surface area contributed by atoms with E-state index in [2.05, 4.69) is 6.92 Å². The van der Waals surface area contributed by atoms with E-state index in [1.807, 2.05) is 36.4 Å². The van der Waals surface area contributed by atoms with Crippen LogP contribution in [0.15, 0.2) is 36.4 Å². The summed E-state index contributed by atoms with van der Waals surface area (Å²) in [6, 6.07) is 11.9. The number of aldehydes is 1. The van der Waals surface area contributed by atoms with Gasteiger partial charge in [0.2, 0.25) is 0 Å². The molecule has 2 nitrogen and oxygen atoms in total. The number of ether oxygens (including phenoxy) is 1. The van der Waals surface area contributed by atoms with Gasteiger partial charge in [0.1, 0.15) is 5.75 Å². The molecule has 0 fully saturated rings. The van der Waals surface area contributed by atoms with Gasteiger partial charge in [0.05, 0.1) is 12.2 Å². The molecule has 0 heterocycles. The van der Waals surface area contributed by atoms with Gasteiger partial charge in [-0.25, -0.2) is 0 Å². The molecule has 2 aromatic carbocycles. The van der Waals surface area contributed by atoms with Crippen molar-refractivity contribution < 1.29 is 9.53 Å². The van der Waals surface area contributed by atoms with E-state index in [0.29, 0.717) is 17.9 Å². The normalized spacial score (nSPS) is 10.6. The largest absolute Gasteiger partial charge is 0.493 e. The van der Waals surface area contributed by atoms with Crippen molar-refractivity contribution in [2.24, 2.45) is 0 Å². The van der Waals surface area contributed by atoms with Crippen LogP contribution in [0.5, 0.6) is 5.75 Å². The van der Waals surface area contributed by atoms with Crippen molar-refractivity contribution in [2.75, 3.05) is 6.61 Å². The monoisotopic (exact) mass is 256 g/mol. The fraction of sp³-hybridized carbons (Fsp3) is 0.353. The number of hydrogen-bond donors (Lipinski definition) is 0. The minimum absolute atomic E-state index is 0.634. The molecule has 0 N–H and O–H groups in total. The highest BCUT2D eigenvalue weighted by molar-refractivity contribution is 5.92. The number of fused-ring (bicyclic) bond motifs is 1. The van der Waals surface area contributed by atoms with Crippen molar-refractivity contribution in [3.8, 4) is 5.75 Å². The maximum atomic E-state index is 11.1. The van der Waals surface area contributed by atoms with E-state index >= 15 is 0 Å². The molecule has 0 radical (unpaired) electrons. The Morgan fingerprint density at radius 1 is 1.05 bits per heavy atom. The molecule has 0 amide bonds. The van der Waals surface area contributed by atoms with Gasteiger partial charge in [0, 0.05) is 0 Å². The minimum atomic E-state index is 0.634. The van der Waals surface area contributed by atoms with Gasteiger partial charge in [-0.2, -0.15) is 0 Å². The number of rotatable bonds is 7. The SMILES string of the molecule is CCCCCCOc1cc2ccccc2cc1C=O. The Hall–Kier alpha value is -1.83. The predicted molar refractivity (Wildman–Crippen MR) is 79.0 cm³/mol. The van der Waals surface area contributed by atoms with Crippen LogP contribution in [-0.2, 0) is 0 Å². The molecule has 19 heavy (non-hydrogen) atoms. The van der Waals surface area contributed by atoms with Crippen LogP contribution in [0.25, 0.3) is 10.8 Å². The van der Waals surface area contributed by atoms with Crippen LogP contribution in [0.3, 0.4) is 0 Å². The van der Waals surface area contributed by atoms with Gasteiger partial charge in [-0.05, 0) is 29.3 Å². The summed E-state index contributed by atoms with van der Waals surface area (Å²) in [4.78, 5) is 11.1. The van der Waals surface area contributed by atoms with Gasteiger partial charge < -0.3 is 4.74 Å². The van der Waals surface area contributed by atoms with E-state index in [0.717, 1.165) is 23.5 Å². The Morgan fingerprint density at radius 3 is 2.47 bits per heavy atom. The lowest BCUT2D eigenvalue weighted by Crippen LogP contribution is -2.00. The number of unbranched alkanes of at least 4 members (excludes halogenated alkanes) is 3. The van der Waals surface area contributed by atoms with E-state index in [1.54, 1.807) is 0 Å². The van der Waals surface area contributed by atoms with Gasteiger partial charge in [-0.1, -0.05) is 50.5 Å². The number of carbonyl (C=O) groups is 1. The van der Waals surface area contributed by atoms with Crippen LogP contribution in [0.2, 0.25) is 0 Å². The molecule has 0 aliphatic rings. The molecule has 0 aromatic heterocycles. The van der Waals surface area contributed by atoms with Crippen molar-refractivity contribution in [1.82, 2.24) is 0 Å². The highest BCUT2D eigenvalue weighted by atomic mass is 16.5. The third-order valence-corrected chi connectivity index (χ3v) is 3.26. The Balaban J connectivity index is 2.10. The van der Waals surface area contributed by atoms with E-state index in [-0.39, 0.29) is 0 Å². The highest BCUT2D eigenvalue weighted by Gasteiger charge is 2.05. The molecular formula is C17H20O2. The van der Waals surface area contributed by atoms with Crippen LogP contribution < -0.4 is 4.74 Å². The smallest absolute Gasteiger partial charge is 0.153 e. The summed E-state index contributed by atoms with van der Waals surface area (Å²) in [5, 5.41) is 2.18. The molecule has 0 saturated heterocycles. The van der Waals surface area contributed by atoms with Crippen LogP contribution in [-0.4, -0.2) is 12.9 Å². The van der Waals surface area contributed by atoms with Crippen molar-refractivity contribution in [2.45, 2.75) is 32.6 Å². The molecule has 0 atom stereocenters. The zero-order valence-corrected chi connectivity index (χ0v) is 11.4. The Kier molecular flexibility index (Phi) is 4.96. The summed E-state index contributed by atoms with van der Waals surface area (Å²) >= 11 is 0. The lowest BCUT2D eigenvalue weighted by Gasteiger charge is -2.10. The maximum Gasteiger partial charge on any atom is 0.153 e. The average Bonchev–Trinajstić information content (AvgIpc) is 2.46. The molecule has 100 valence electrons. The summed E-state index contributed by atoms with van der Waals surface area (Å²) in [7, 11) is 0. The molecular weight excluding hydrogens is 236 g/mol. The van der Waals surface area contributed by atoms with Gasteiger partial charge in [-0.3, -0.25) is 4.79 Å². The first-order valence-corrected chi connectivity index (χ1v) is 6.96. The molecule has 0 unspecified atom stereocenters. The lowest BCUT2D eigenvalue weighted by molar-refractivity contribution is 0.111. The molecule has 2 rings (SSSR count). The van der Waals surface area contributed by atoms with Crippen LogP contribution in [0.4, 0.5) is 0 Å². The summed E-state index contributed by atoms with van der Waals surface area (Å²) in [5.41, 5.74) is 0.634. The Bertz CT molecular complexity index is 546. The van der Waals surface area contributed by atoms with Crippen LogP contribution in [0, 0.1) is 0 Å². The van der Waals surface area contributed by atoms with Crippen molar-refractivity contribution in [1.29, 1.82) is 0 Å². The van der Waals surface area contributed by atoms with E-state index in [4.69, 9.17) is 4.74 Å². The maximum absolute atomic E-state index is 11.1. The van der Waals surface area contributed by atoms with Crippen molar-refractivity contribution in [3.05, 3.63) is 42.0 Å². The first kappa shape index (κ1) is 13.6.